The van der Waals surface area contributed by atoms with Gasteiger partial charge in [-0.3, -0.25) is 10.1 Å². The molecule has 0 atom stereocenters. The minimum absolute atomic E-state index is 0.0134. The van der Waals surface area contributed by atoms with E-state index in [0.29, 0.717) is 28.0 Å². The Morgan fingerprint density at radius 3 is 2.62 bits per heavy atom. The Kier molecular flexibility index (Phi) is 4.88. The van der Waals surface area contributed by atoms with Crippen LogP contribution in [0.1, 0.15) is 5.56 Å². The van der Waals surface area contributed by atoms with Crippen LogP contribution in [0.4, 0.5) is 11.4 Å². The fraction of sp³-hybridized carbons (Fsp3) is 0.143. The molecule has 1 N–H and O–H groups in total. The summed E-state index contributed by atoms with van der Waals surface area (Å²) in [5.41, 5.74) is 1.34. The van der Waals surface area contributed by atoms with Gasteiger partial charge in [-0.15, -0.1) is 0 Å². The standard InChI is InChI=1S/C14H12Cl2N2O3/c1-21-14-5-4-11(18(19)20)7-13(14)17-8-9-2-3-10(15)6-12(9)16/h2-7,17H,8H2,1H3. The second-order valence-electron chi connectivity index (χ2n) is 4.23. The molecule has 2 rings (SSSR count). The molecular weight excluding hydrogens is 315 g/mol. The smallest absolute Gasteiger partial charge is 0.271 e. The molecule has 2 aromatic carbocycles. The number of nitrogens with zero attached hydrogens (tertiary/aromatic N) is 1. The van der Waals surface area contributed by atoms with Crippen LogP contribution >= 0.6 is 23.2 Å². The van der Waals surface area contributed by atoms with E-state index in [1.54, 1.807) is 24.3 Å². The van der Waals surface area contributed by atoms with E-state index in [1.807, 2.05) is 0 Å². The van der Waals surface area contributed by atoms with Crippen LogP contribution in [0.25, 0.3) is 0 Å². The molecule has 0 amide bonds. The van der Waals surface area contributed by atoms with Gasteiger partial charge in [0.2, 0.25) is 0 Å². The molecule has 0 aromatic heterocycles. The maximum atomic E-state index is 10.8. The lowest BCUT2D eigenvalue weighted by molar-refractivity contribution is -0.384. The second kappa shape index (κ2) is 6.65. The minimum atomic E-state index is -0.458. The van der Waals surface area contributed by atoms with E-state index in [2.05, 4.69) is 5.32 Å². The number of non-ortho nitro benzene ring substituents is 1. The summed E-state index contributed by atoms with van der Waals surface area (Å²) in [5.74, 6) is 0.519. The average Bonchev–Trinajstić information content (AvgIpc) is 2.46. The van der Waals surface area contributed by atoms with Crippen LogP contribution in [0, 0.1) is 10.1 Å². The van der Waals surface area contributed by atoms with E-state index < -0.39 is 4.92 Å². The summed E-state index contributed by atoms with van der Waals surface area (Å²) in [7, 11) is 1.50. The molecule has 0 saturated carbocycles. The Balaban J connectivity index is 2.22. The SMILES string of the molecule is COc1ccc([N+](=O)[O-])cc1NCc1ccc(Cl)cc1Cl. The van der Waals surface area contributed by atoms with Gasteiger partial charge in [0.05, 0.1) is 17.7 Å². The molecule has 21 heavy (non-hydrogen) atoms. The summed E-state index contributed by atoms with van der Waals surface area (Å²) in [5, 5.41) is 15.0. The van der Waals surface area contributed by atoms with Crippen LogP contribution in [-0.4, -0.2) is 12.0 Å². The topological polar surface area (TPSA) is 64.4 Å². The number of rotatable bonds is 5. The largest absolute Gasteiger partial charge is 0.495 e. The summed E-state index contributed by atoms with van der Waals surface area (Å²) >= 11 is 11.9. The van der Waals surface area contributed by atoms with Crippen molar-refractivity contribution in [2.45, 2.75) is 6.54 Å². The van der Waals surface area contributed by atoms with Gasteiger partial charge < -0.3 is 10.1 Å². The number of hydrogen-bond donors (Lipinski definition) is 1. The summed E-state index contributed by atoms with van der Waals surface area (Å²) in [6.07, 6.45) is 0. The van der Waals surface area contributed by atoms with E-state index in [4.69, 9.17) is 27.9 Å². The predicted octanol–water partition coefficient (Wildman–Crippen LogP) is 4.52. The average molecular weight is 327 g/mol. The van der Waals surface area contributed by atoms with Gasteiger partial charge in [0.25, 0.3) is 5.69 Å². The van der Waals surface area contributed by atoms with Gasteiger partial charge in [-0.25, -0.2) is 0 Å². The summed E-state index contributed by atoms with van der Waals surface area (Å²) in [6, 6.07) is 9.52. The first kappa shape index (κ1) is 15.4. The Labute approximate surface area is 131 Å². The molecule has 5 nitrogen and oxygen atoms in total. The van der Waals surface area contributed by atoms with Crippen LogP contribution < -0.4 is 10.1 Å². The first-order valence-electron chi connectivity index (χ1n) is 6.01. The molecule has 110 valence electrons. The number of nitrogens with one attached hydrogen (secondary N) is 1. The second-order valence-corrected chi connectivity index (χ2v) is 5.07. The highest BCUT2D eigenvalue weighted by Crippen LogP contribution is 2.30. The zero-order valence-corrected chi connectivity index (χ0v) is 12.6. The van der Waals surface area contributed by atoms with E-state index in [-0.39, 0.29) is 5.69 Å². The number of nitro groups is 1. The third-order valence-electron chi connectivity index (χ3n) is 2.88. The predicted molar refractivity (Wildman–Crippen MR) is 83.4 cm³/mol. The van der Waals surface area contributed by atoms with Crippen LogP contribution in [0.15, 0.2) is 36.4 Å². The summed E-state index contributed by atoms with van der Waals surface area (Å²) in [6.45, 7) is 0.396. The normalized spacial score (nSPS) is 10.2. The Bertz CT molecular complexity index is 677. The van der Waals surface area contributed by atoms with E-state index in [9.17, 15) is 10.1 Å². The van der Waals surface area contributed by atoms with Crippen LogP contribution in [0.2, 0.25) is 10.0 Å². The number of halogens is 2. The molecule has 2 aromatic rings. The maximum absolute atomic E-state index is 10.8. The van der Waals surface area contributed by atoms with E-state index in [1.165, 1.54) is 19.2 Å². The molecule has 0 aliphatic rings. The van der Waals surface area contributed by atoms with Gasteiger partial charge in [0.15, 0.2) is 0 Å². The van der Waals surface area contributed by atoms with Gasteiger partial charge in [0.1, 0.15) is 5.75 Å². The lowest BCUT2D eigenvalue weighted by Crippen LogP contribution is -2.02. The van der Waals surface area contributed by atoms with Crippen molar-refractivity contribution >= 4 is 34.6 Å². The molecule has 0 aliphatic carbocycles. The number of anilines is 1. The number of methoxy groups -OCH3 is 1. The molecule has 0 spiro atoms. The molecular formula is C14H12Cl2N2O3. The highest BCUT2D eigenvalue weighted by atomic mass is 35.5. The quantitative estimate of drug-likeness (QED) is 0.648. The van der Waals surface area contributed by atoms with Crippen molar-refractivity contribution in [3.8, 4) is 5.75 Å². The number of hydrogen-bond acceptors (Lipinski definition) is 4. The van der Waals surface area contributed by atoms with Crippen molar-refractivity contribution in [1.29, 1.82) is 0 Å². The first-order chi connectivity index (χ1) is 10.0. The molecule has 0 unspecified atom stereocenters. The molecule has 0 bridgehead atoms. The molecule has 0 radical (unpaired) electrons. The third kappa shape index (κ3) is 3.77. The van der Waals surface area contributed by atoms with Gasteiger partial charge >= 0.3 is 0 Å². The fourth-order valence-corrected chi connectivity index (χ4v) is 2.28. The molecule has 0 heterocycles. The van der Waals surface area contributed by atoms with Crippen molar-refractivity contribution < 1.29 is 9.66 Å². The third-order valence-corrected chi connectivity index (χ3v) is 3.47. The lowest BCUT2D eigenvalue weighted by atomic mass is 10.2. The zero-order valence-electron chi connectivity index (χ0n) is 11.1. The molecule has 7 heteroatoms. The van der Waals surface area contributed by atoms with Crippen molar-refractivity contribution in [2.75, 3.05) is 12.4 Å². The Morgan fingerprint density at radius 2 is 2.00 bits per heavy atom. The van der Waals surface area contributed by atoms with Crippen molar-refractivity contribution in [1.82, 2.24) is 0 Å². The van der Waals surface area contributed by atoms with Crippen LogP contribution in [-0.2, 0) is 6.54 Å². The Morgan fingerprint density at radius 1 is 1.24 bits per heavy atom. The van der Waals surface area contributed by atoms with Crippen molar-refractivity contribution in [3.05, 3.63) is 62.1 Å². The van der Waals surface area contributed by atoms with Gasteiger partial charge in [0, 0.05) is 28.7 Å². The van der Waals surface area contributed by atoms with E-state index >= 15 is 0 Å². The molecule has 0 fully saturated rings. The molecule has 0 saturated heterocycles. The van der Waals surface area contributed by atoms with Crippen LogP contribution in [0.5, 0.6) is 5.75 Å². The van der Waals surface area contributed by atoms with Gasteiger partial charge in [-0.05, 0) is 23.8 Å². The van der Waals surface area contributed by atoms with E-state index in [0.717, 1.165) is 5.56 Å². The lowest BCUT2D eigenvalue weighted by Gasteiger charge is -2.12. The number of benzene rings is 2. The monoisotopic (exact) mass is 326 g/mol. The van der Waals surface area contributed by atoms with Crippen LogP contribution in [0.3, 0.4) is 0 Å². The molecule has 0 aliphatic heterocycles. The van der Waals surface area contributed by atoms with Gasteiger partial charge in [-0.2, -0.15) is 0 Å². The highest BCUT2D eigenvalue weighted by molar-refractivity contribution is 6.35. The summed E-state index contributed by atoms with van der Waals surface area (Å²) < 4.78 is 5.18. The maximum Gasteiger partial charge on any atom is 0.271 e. The summed E-state index contributed by atoms with van der Waals surface area (Å²) in [4.78, 5) is 10.4. The van der Waals surface area contributed by atoms with Crippen molar-refractivity contribution in [2.24, 2.45) is 0 Å². The van der Waals surface area contributed by atoms with Gasteiger partial charge in [-0.1, -0.05) is 29.3 Å². The first-order valence-corrected chi connectivity index (χ1v) is 6.77. The number of nitro benzene ring substituents is 1. The highest BCUT2D eigenvalue weighted by Gasteiger charge is 2.11. The zero-order chi connectivity index (χ0) is 15.4. The minimum Gasteiger partial charge on any atom is -0.495 e. The number of ether oxygens (including phenoxy) is 1. The Hall–Kier alpha value is -1.98. The fourth-order valence-electron chi connectivity index (χ4n) is 1.80. The van der Waals surface area contributed by atoms with Crippen molar-refractivity contribution in [3.63, 3.8) is 0 Å².